The Balaban J connectivity index is 2.04. The average Bonchev–Trinajstić information content (AvgIpc) is 2.47. The average molecular weight is 300 g/mol. The molecule has 0 bridgehead atoms. The van der Waals surface area contributed by atoms with Crippen LogP contribution in [0.1, 0.15) is 11.1 Å². The smallest absolute Gasteiger partial charge is 0.238 e. The van der Waals surface area contributed by atoms with Crippen molar-refractivity contribution in [3.05, 3.63) is 59.7 Å². The van der Waals surface area contributed by atoms with E-state index in [0.717, 1.165) is 16.3 Å². The number of anilines is 1. The molecule has 0 fully saturated rings. The minimum atomic E-state index is -0.0268. The number of thioether (sulfide) groups is 1. The zero-order valence-electron chi connectivity index (χ0n) is 12.3. The molecule has 0 aliphatic carbocycles. The van der Waals surface area contributed by atoms with Crippen LogP contribution < -0.4 is 10.6 Å². The Hall–Kier alpha value is -1.78. The number of para-hydroxylation sites is 1. The molecule has 0 saturated heterocycles. The SMILES string of the molecule is CNCC(=O)Nc1ccccc1SCc1cccc(C)c1. The lowest BCUT2D eigenvalue weighted by Crippen LogP contribution is -2.25. The van der Waals surface area contributed by atoms with E-state index in [1.165, 1.54) is 11.1 Å². The maximum atomic E-state index is 11.7. The standard InChI is InChI=1S/C17H20N2OS/c1-13-6-5-7-14(10-13)12-21-16-9-4-3-8-15(16)19-17(20)11-18-2/h3-10,18H,11-12H2,1-2H3,(H,19,20). The molecule has 0 aromatic heterocycles. The molecule has 0 aliphatic heterocycles. The van der Waals surface area contributed by atoms with Crippen molar-refractivity contribution >= 4 is 23.4 Å². The van der Waals surface area contributed by atoms with Crippen molar-refractivity contribution in [3.63, 3.8) is 0 Å². The summed E-state index contributed by atoms with van der Waals surface area (Å²) in [6.45, 7) is 2.41. The summed E-state index contributed by atoms with van der Waals surface area (Å²) in [5, 5.41) is 5.79. The number of carbonyl (C=O) groups excluding carboxylic acids is 1. The van der Waals surface area contributed by atoms with Gasteiger partial charge in [-0.05, 0) is 31.7 Å². The Labute approximate surface area is 130 Å². The summed E-state index contributed by atoms with van der Waals surface area (Å²) in [5.41, 5.74) is 3.43. The fourth-order valence-corrected chi connectivity index (χ4v) is 2.96. The summed E-state index contributed by atoms with van der Waals surface area (Å²) in [5.74, 6) is 0.863. The van der Waals surface area contributed by atoms with Gasteiger partial charge in [0.05, 0.1) is 12.2 Å². The van der Waals surface area contributed by atoms with Crippen LogP contribution in [0, 0.1) is 6.92 Å². The highest BCUT2D eigenvalue weighted by atomic mass is 32.2. The summed E-state index contributed by atoms with van der Waals surface area (Å²) in [6.07, 6.45) is 0. The van der Waals surface area contributed by atoms with E-state index in [2.05, 4.69) is 41.8 Å². The number of hydrogen-bond donors (Lipinski definition) is 2. The molecule has 2 aromatic rings. The molecule has 2 N–H and O–H groups in total. The van der Waals surface area contributed by atoms with Gasteiger partial charge in [0.25, 0.3) is 0 Å². The maximum Gasteiger partial charge on any atom is 0.238 e. The van der Waals surface area contributed by atoms with Gasteiger partial charge in [0.15, 0.2) is 0 Å². The predicted molar refractivity (Wildman–Crippen MR) is 89.7 cm³/mol. The molecule has 1 amide bonds. The number of amides is 1. The molecule has 0 spiro atoms. The molecule has 3 nitrogen and oxygen atoms in total. The van der Waals surface area contributed by atoms with Crippen LogP contribution in [-0.2, 0) is 10.5 Å². The van der Waals surface area contributed by atoms with E-state index in [1.54, 1.807) is 18.8 Å². The van der Waals surface area contributed by atoms with Gasteiger partial charge in [-0.15, -0.1) is 11.8 Å². The second-order valence-electron chi connectivity index (χ2n) is 4.85. The van der Waals surface area contributed by atoms with Gasteiger partial charge in [-0.3, -0.25) is 4.79 Å². The monoisotopic (exact) mass is 300 g/mol. The number of carbonyl (C=O) groups is 1. The predicted octanol–water partition coefficient (Wildman–Crippen LogP) is 3.45. The molecule has 0 radical (unpaired) electrons. The van der Waals surface area contributed by atoms with E-state index in [4.69, 9.17) is 0 Å². The van der Waals surface area contributed by atoms with Crippen LogP contribution >= 0.6 is 11.8 Å². The summed E-state index contributed by atoms with van der Waals surface area (Å²) in [6, 6.07) is 16.4. The maximum absolute atomic E-state index is 11.7. The van der Waals surface area contributed by atoms with Crippen molar-refractivity contribution in [2.75, 3.05) is 18.9 Å². The van der Waals surface area contributed by atoms with Crippen LogP contribution in [0.5, 0.6) is 0 Å². The van der Waals surface area contributed by atoms with E-state index in [1.807, 2.05) is 24.3 Å². The van der Waals surface area contributed by atoms with Gasteiger partial charge < -0.3 is 10.6 Å². The lowest BCUT2D eigenvalue weighted by molar-refractivity contribution is -0.115. The van der Waals surface area contributed by atoms with Crippen LogP contribution in [0.4, 0.5) is 5.69 Å². The van der Waals surface area contributed by atoms with Crippen molar-refractivity contribution in [1.82, 2.24) is 5.32 Å². The largest absolute Gasteiger partial charge is 0.324 e. The molecule has 2 aromatic carbocycles. The first-order valence-electron chi connectivity index (χ1n) is 6.91. The fourth-order valence-electron chi connectivity index (χ4n) is 2.01. The van der Waals surface area contributed by atoms with Crippen molar-refractivity contribution in [2.45, 2.75) is 17.6 Å². The molecule has 4 heteroatoms. The van der Waals surface area contributed by atoms with Crippen LogP contribution in [0.25, 0.3) is 0 Å². The van der Waals surface area contributed by atoms with Gasteiger partial charge in [0.1, 0.15) is 0 Å². The van der Waals surface area contributed by atoms with E-state index in [0.29, 0.717) is 6.54 Å². The Morgan fingerprint density at radius 2 is 1.95 bits per heavy atom. The van der Waals surface area contributed by atoms with E-state index in [-0.39, 0.29) is 5.91 Å². The number of hydrogen-bond acceptors (Lipinski definition) is 3. The van der Waals surface area contributed by atoms with Gasteiger partial charge in [0.2, 0.25) is 5.91 Å². The molecular weight excluding hydrogens is 280 g/mol. The summed E-state index contributed by atoms with van der Waals surface area (Å²) < 4.78 is 0. The fraction of sp³-hybridized carbons (Fsp3) is 0.235. The normalized spacial score (nSPS) is 10.4. The third kappa shape index (κ3) is 4.92. The molecule has 0 aliphatic rings. The molecular formula is C17H20N2OS. The van der Waals surface area contributed by atoms with Crippen LogP contribution in [-0.4, -0.2) is 19.5 Å². The Kier molecular flexibility index (Phi) is 5.84. The second-order valence-corrected chi connectivity index (χ2v) is 5.87. The van der Waals surface area contributed by atoms with Gasteiger partial charge in [-0.25, -0.2) is 0 Å². The third-order valence-electron chi connectivity index (χ3n) is 2.98. The Morgan fingerprint density at radius 1 is 1.14 bits per heavy atom. The van der Waals surface area contributed by atoms with Gasteiger partial charge in [0, 0.05) is 10.6 Å². The van der Waals surface area contributed by atoms with Gasteiger partial charge in [-0.1, -0.05) is 42.0 Å². The summed E-state index contributed by atoms with van der Waals surface area (Å²) >= 11 is 1.73. The van der Waals surface area contributed by atoms with Gasteiger partial charge in [-0.2, -0.15) is 0 Å². The molecule has 0 saturated carbocycles. The lowest BCUT2D eigenvalue weighted by atomic mass is 10.2. The van der Waals surface area contributed by atoms with Crippen LogP contribution in [0.2, 0.25) is 0 Å². The zero-order valence-corrected chi connectivity index (χ0v) is 13.2. The number of benzene rings is 2. The molecule has 0 atom stereocenters. The Morgan fingerprint density at radius 3 is 2.71 bits per heavy atom. The zero-order chi connectivity index (χ0) is 15.1. The van der Waals surface area contributed by atoms with Crippen LogP contribution in [0.3, 0.4) is 0 Å². The van der Waals surface area contributed by atoms with E-state index < -0.39 is 0 Å². The first kappa shape index (κ1) is 15.6. The van der Waals surface area contributed by atoms with E-state index in [9.17, 15) is 4.79 Å². The first-order valence-corrected chi connectivity index (χ1v) is 7.89. The van der Waals surface area contributed by atoms with Crippen molar-refractivity contribution in [2.24, 2.45) is 0 Å². The van der Waals surface area contributed by atoms with E-state index >= 15 is 0 Å². The summed E-state index contributed by atoms with van der Waals surface area (Å²) in [4.78, 5) is 12.8. The highest BCUT2D eigenvalue weighted by Crippen LogP contribution is 2.29. The third-order valence-corrected chi connectivity index (χ3v) is 4.12. The molecule has 0 unspecified atom stereocenters. The topological polar surface area (TPSA) is 41.1 Å². The highest BCUT2D eigenvalue weighted by molar-refractivity contribution is 7.98. The Bertz CT molecular complexity index is 613. The molecule has 2 rings (SSSR count). The minimum absolute atomic E-state index is 0.0268. The number of aryl methyl sites for hydroxylation is 1. The van der Waals surface area contributed by atoms with Crippen molar-refractivity contribution < 1.29 is 4.79 Å². The van der Waals surface area contributed by atoms with Crippen LogP contribution in [0.15, 0.2) is 53.4 Å². The molecule has 21 heavy (non-hydrogen) atoms. The minimum Gasteiger partial charge on any atom is -0.324 e. The molecule has 110 valence electrons. The van der Waals surface area contributed by atoms with Crippen molar-refractivity contribution in [1.29, 1.82) is 0 Å². The highest BCUT2D eigenvalue weighted by Gasteiger charge is 2.06. The number of likely N-dealkylation sites (N-methyl/N-ethyl adjacent to an activating group) is 1. The van der Waals surface area contributed by atoms with Crippen molar-refractivity contribution in [3.8, 4) is 0 Å². The number of rotatable bonds is 6. The quantitative estimate of drug-likeness (QED) is 0.803. The lowest BCUT2D eigenvalue weighted by Gasteiger charge is -2.11. The second kappa shape index (κ2) is 7.86. The number of nitrogens with one attached hydrogen (secondary N) is 2. The van der Waals surface area contributed by atoms with Gasteiger partial charge >= 0.3 is 0 Å². The first-order chi connectivity index (χ1) is 10.2. The molecule has 0 heterocycles. The summed E-state index contributed by atoms with van der Waals surface area (Å²) in [7, 11) is 1.76.